The Balaban J connectivity index is 2.02. The quantitative estimate of drug-likeness (QED) is 0.823. The van der Waals surface area contributed by atoms with Gasteiger partial charge in [-0.3, -0.25) is 9.78 Å². The molecule has 0 aromatic carbocycles. The van der Waals surface area contributed by atoms with Crippen molar-refractivity contribution >= 4 is 29.3 Å². The number of thiazole rings is 1. The van der Waals surface area contributed by atoms with E-state index in [0.717, 1.165) is 16.0 Å². The Bertz CT molecular complexity index is 694. The minimum Gasteiger partial charge on any atom is -0.478 e. The molecule has 1 amide bonds. The predicted octanol–water partition coefficient (Wildman–Crippen LogP) is 1.87. The number of amides is 1. The van der Waals surface area contributed by atoms with E-state index < -0.39 is 5.97 Å². The summed E-state index contributed by atoms with van der Waals surface area (Å²) >= 11 is 1.52. The second-order valence-corrected chi connectivity index (χ2v) is 5.53. The van der Waals surface area contributed by atoms with Crippen LogP contribution in [0.15, 0.2) is 30.7 Å². The number of carbonyl (C=O) groups is 2. The number of aliphatic carboxylic acids is 1. The maximum absolute atomic E-state index is 12.0. The highest BCUT2D eigenvalue weighted by molar-refractivity contribution is 7.11. The maximum atomic E-state index is 12.0. The Morgan fingerprint density at radius 1 is 1.38 bits per heavy atom. The Kier molecular flexibility index (Phi) is 4.78. The second-order valence-electron chi connectivity index (χ2n) is 4.21. The fourth-order valence-corrected chi connectivity index (χ4v) is 2.33. The van der Waals surface area contributed by atoms with E-state index in [2.05, 4.69) is 15.3 Å². The molecule has 0 unspecified atom stereocenters. The average Bonchev–Trinajstić information content (AvgIpc) is 2.88. The summed E-state index contributed by atoms with van der Waals surface area (Å²) in [5.41, 5.74) is 0.933. The van der Waals surface area contributed by atoms with Gasteiger partial charge in [0.1, 0.15) is 0 Å². The molecule has 2 aromatic heterocycles. The molecule has 6 nitrogen and oxygen atoms in total. The number of aryl methyl sites for hydroxylation is 1. The van der Waals surface area contributed by atoms with Crippen molar-refractivity contribution in [2.24, 2.45) is 0 Å². The molecular formula is C14H13N3O3S. The van der Waals surface area contributed by atoms with Crippen LogP contribution in [-0.2, 0) is 11.3 Å². The number of carbonyl (C=O) groups excluding carboxylic acids is 1. The molecule has 0 radical (unpaired) electrons. The van der Waals surface area contributed by atoms with Crippen molar-refractivity contribution in [1.29, 1.82) is 0 Å². The Labute approximate surface area is 125 Å². The number of hydrogen-bond donors (Lipinski definition) is 2. The van der Waals surface area contributed by atoms with Gasteiger partial charge in [0.05, 0.1) is 17.1 Å². The van der Waals surface area contributed by atoms with Gasteiger partial charge in [-0.2, -0.15) is 0 Å². The van der Waals surface area contributed by atoms with Gasteiger partial charge in [-0.15, -0.1) is 11.3 Å². The first-order valence-electron chi connectivity index (χ1n) is 6.10. The first-order chi connectivity index (χ1) is 10.0. The first-order valence-corrected chi connectivity index (χ1v) is 6.92. The summed E-state index contributed by atoms with van der Waals surface area (Å²) in [6.45, 7) is 2.30. The average molecular weight is 303 g/mol. The third kappa shape index (κ3) is 4.50. The van der Waals surface area contributed by atoms with Gasteiger partial charge in [-0.25, -0.2) is 9.78 Å². The van der Waals surface area contributed by atoms with Gasteiger partial charge in [-0.1, -0.05) is 0 Å². The zero-order chi connectivity index (χ0) is 15.2. The van der Waals surface area contributed by atoms with E-state index in [0.29, 0.717) is 17.7 Å². The van der Waals surface area contributed by atoms with Crippen LogP contribution in [-0.4, -0.2) is 27.0 Å². The molecule has 7 heteroatoms. The van der Waals surface area contributed by atoms with Gasteiger partial charge in [0.25, 0.3) is 5.91 Å². The zero-order valence-corrected chi connectivity index (χ0v) is 12.1. The van der Waals surface area contributed by atoms with Crippen LogP contribution in [0.25, 0.3) is 6.08 Å². The van der Waals surface area contributed by atoms with E-state index >= 15 is 0 Å². The number of hydrogen-bond acceptors (Lipinski definition) is 5. The van der Waals surface area contributed by atoms with Crippen LogP contribution in [0.1, 0.15) is 25.8 Å². The minimum atomic E-state index is -1.05. The van der Waals surface area contributed by atoms with Crippen molar-refractivity contribution in [3.63, 3.8) is 0 Å². The molecule has 2 N–H and O–H groups in total. The monoisotopic (exact) mass is 303 g/mol. The summed E-state index contributed by atoms with van der Waals surface area (Å²) in [6, 6.07) is 1.58. The van der Waals surface area contributed by atoms with E-state index in [-0.39, 0.29) is 5.91 Å². The molecule has 0 spiro atoms. The highest BCUT2D eigenvalue weighted by atomic mass is 32.1. The summed E-state index contributed by atoms with van der Waals surface area (Å²) in [6.07, 6.45) is 7.04. The molecule has 0 aliphatic heterocycles. The van der Waals surface area contributed by atoms with Crippen LogP contribution < -0.4 is 5.32 Å². The van der Waals surface area contributed by atoms with E-state index in [9.17, 15) is 9.59 Å². The normalized spacial score (nSPS) is 10.7. The fourth-order valence-electron chi connectivity index (χ4n) is 1.60. The zero-order valence-electron chi connectivity index (χ0n) is 11.2. The van der Waals surface area contributed by atoms with Crippen molar-refractivity contribution in [2.45, 2.75) is 13.5 Å². The summed E-state index contributed by atoms with van der Waals surface area (Å²) in [4.78, 5) is 31.5. The molecule has 21 heavy (non-hydrogen) atoms. The van der Waals surface area contributed by atoms with Gasteiger partial charge >= 0.3 is 5.97 Å². The lowest BCUT2D eigenvalue weighted by Gasteiger charge is -2.03. The molecule has 0 aliphatic carbocycles. The van der Waals surface area contributed by atoms with Crippen molar-refractivity contribution in [1.82, 2.24) is 15.3 Å². The fraction of sp³-hybridized carbons (Fsp3) is 0.143. The van der Waals surface area contributed by atoms with Crippen molar-refractivity contribution in [3.8, 4) is 0 Å². The van der Waals surface area contributed by atoms with Gasteiger partial charge in [0.2, 0.25) is 0 Å². The number of carboxylic acids is 1. The van der Waals surface area contributed by atoms with Crippen LogP contribution in [0.4, 0.5) is 0 Å². The van der Waals surface area contributed by atoms with Gasteiger partial charge in [0, 0.05) is 29.5 Å². The number of carboxylic acid groups (broad SMARTS) is 1. The molecule has 0 atom stereocenters. The Hall–Kier alpha value is -2.54. The van der Waals surface area contributed by atoms with E-state index in [1.807, 2.05) is 6.92 Å². The highest BCUT2D eigenvalue weighted by Gasteiger charge is 2.07. The molecule has 2 heterocycles. The van der Waals surface area contributed by atoms with E-state index in [4.69, 9.17) is 5.11 Å². The summed E-state index contributed by atoms with van der Waals surface area (Å²) in [5, 5.41) is 12.3. The third-order valence-corrected chi connectivity index (χ3v) is 3.45. The summed E-state index contributed by atoms with van der Waals surface area (Å²) in [7, 11) is 0. The van der Waals surface area contributed by atoms with Crippen molar-refractivity contribution in [3.05, 3.63) is 51.7 Å². The maximum Gasteiger partial charge on any atom is 0.328 e. The number of rotatable bonds is 5. The van der Waals surface area contributed by atoms with E-state index in [1.165, 1.54) is 29.8 Å². The molecule has 0 fully saturated rings. The SMILES string of the molecule is Cc1ncc(CNC(=O)c2cncc(C=CC(=O)O)c2)s1. The standard InChI is InChI=1S/C14H13N3O3S/c1-9-16-7-12(21-9)8-17-14(20)11-4-10(5-15-6-11)2-3-13(18)19/h2-7H,8H2,1H3,(H,17,20)(H,18,19). The molecule has 2 aromatic rings. The highest BCUT2D eigenvalue weighted by Crippen LogP contribution is 2.11. The molecule has 0 saturated carbocycles. The van der Waals surface area contributed by atoms with E-state index in [1.54, 1.807) is 12.3 Å². The van der Waals surface area contributed by atoms with Crippen LogP contribution >= 0.6 is 11.3 Å². The summed E-state index contributed by atoms with van der Waals surface area (Å²) in [5.74, 6) is -1.32. The van der Waals surface area contributed by atoms with Crippen LogP contribution in [0, 0.1) is 6.92 Å². The molecule has 0 bridgehead atoms. The molecular weight excluding hydrogens is 290 g/mol. The lowest BCUT2D eigenvalue weighted by molar-refractivity contribution is -0.131. The lowest BCUT2D eigenvalue weighted by atomic mass is 10.2. The molecule has 2 rings (SSSR count). The second kappa shape index (κ2) is 6.76. The largest absolute Gasteiger partial charge is 0.478 e. The predicted molar refractivity (Wildman–Crippen MR) is 78.9 cm³/mol. The number of nitrogens with zero attached hydrogens (tertiary/aromatic N) is 2. The minimum absolute atomic E-state index is 0.265. The third-order valence-electron chi connectivity index (χ3n) is 2.53. The Morgan fingerprint density at radius 2 is 2.19 bits per heavy atom. The van der Waals surface area contributed by atoms with Crippen LogP contribution in [0.3, 0.4) is 0 Å². The summed E-state index contributed by atoms with van der Waals surface area (Å²) < 4.78 is 0. The molecule has 0 aliphatic rings. The Morgan fingerprint density at radius 3 is 2.86 bits per heavy atom. The first kappa shape index (κ1) is 14.9. The lowest BCUT2D eigenvalue weighted by Crippen LogP contribution is -2.22. The number of pyridine rings is 1. The smallest absolute Gasteiger partial charge is 0.328 e. The van der Waals surface area contributed by atoms with Gasteiger partial charge in [0.15, 0.2) is 0 Å². The van der Waals surface area contributed by atoms with Crippen LogP contribution in [0.2, 0.25) is 0 Å². The van der Waals surface area contributed by atoms with Gasteiger partial charge < -0.3 is 10.4 Å². The molecule has 0 saturated heterocycles. The molecule has 108 valence electrons. The van der Waals surface area contributed by atoms with Crippen LogP contribution in [0.5, 0.6) is 0 Å². The number of nitrogens with one attached hydrogen (secondary N) is 1. The van der Waals surface area contributed by atoms with Crippen molar-refractivity contribution < 1.29 is 14.7 Å². The van der Waals surface area contributed by atoms with Crippen molar-refractivity contribution in [2.75, 3.05) is 0 Å². The van der Waals surface area contributed by atoms with Gasteiger partial charge in [-0.05, 0) is 24.6 Å². The number of aromatic nitrogens is 2. The topological polar surface area (TPSA) is 92.2 Å².